The van der Waals surface area contributed by atoms with Gasteiger partial charge in [0.2, 0.25) is 15.9 Å². The summed E-state index contributed by atoms with van der Waals surface area (Å²) in [7, 11) is -0.920. The van der Waals surface area contributed by atoms with Crippen LogP contribution < -0.4 is 14.8 Å². The molecule has 3 amide bonds. The van der Waals surface area contributed by atoms with Crippen molar-refractivity contribution in [3.8, 4) is 11.5 Å². The monoisotopic (exact) mass is 383 g/mol. The first-order valence-electron chi connectivity index (χ1n) is 8.20. The van der Waals surface area contributed by atoms with Crippen LogP contribution in [0.15, 0.2) is 23.1 Å². The first-order valence-corrected chi connectivity index (χ1v) is 9.64. The standard InChI is InChI=1S/C16H21N3O6S/c1-24-12-3-4-13(25-2)14(9-12)26(22,23)18-7-5-11(6-8-18)19-15(20)10-17-16(19)21/h3-4,9,11H,5-8,10H2,1-2H3,(H,17,21). The summed E-state index contributed by atoms with van der Waals surface area (Å²) in [5.41, 5.74) is 0. The van der Waals surface area contributed by atoms with Crippen LogP contribution >= 0.6 is 0 Å². The Kier molecular flexibility index (Phi) is 5.05. The lowest BCUT2D eigenvalue weighted by Crippen LogP contribution is -2.49. The molecular formula is C16H21N3O6S. The van der Waals surface area contributed by atoms with Crippen LogP contribution in [0.5, 0.6) is 11.5 Å². The second kappa shape index (κ2) is 7.12. The van der Waals surface area contributed by atoms with Crippen LogP contribution in [0.2, 0.25) is 0 Å². The number of sulfonamides is 1. The Morgan fingerprint density at radius 1 is 1.12 bits per heavy atom. The summed E-state index contributed by atoms with van der Waals surface area (Å²) in [4.78, 5) is 24.8. The van der Waals surface area contributed by atoms with E-state index in [1.807, 2.05) is 0 Å². The van der Waals surface area contributed by atoms with Gasteiger partial charge in [-0.2, -0.15) is 4.31 Å². The number of carbonyl (C=O) groups is 2. The van der Waals surface area contributed by atoms with Crippen molar-refractivity contribution in [2.45, 2.75) is 23.8 Å². The molecule has 0 unspecified atom stereocenters. The maximum atomic E-state index is 13.0. The summed E-state index contributed by atoms with van der Waals surface area (Å²) in [5, 5.41) is 2.49. The molecule has 0 saturated carbocycles. The van der Waals surface area contributed by atoms with E-state index >= 15 is 0 Å². The van der Waals surface area contributed by atoms with Crippen molar-refractivity contribution < 1.29 is 27.5 Å². The molecule has 2 fully saturated rings. The second-order valence-corrected chi connectivity index (χ2v) is 7.98. The van der Waals surface area contributed by atoms with E-state index in [-0.39, 0.29) is 42.2 Å². The van der Waals surface area contributed by atoms with Crippen LogP contribution in [0.3, 0.4) is 0 Å². The van der Waals surface area contributed by atoms with Crippen molar-refractivity contribution in [3.05, 3.63) is 18.2 Å². The highest BCUT2D eigenvalue weighted by molar-refractivity contribution is 7.89. The van der Waals surface area contributed by atoms with E-state index in [1.54, 1.807) is 12.1 Å². The Labute approximate surface area is 151 Å². The minimum Gasteiger partial charge on any atom is -0.497 e. The van der Waals surface area contributed by atoms with Gasteiger partial charge in [0.05, 0.1) is 20.8 Å². The van der Waals surface area contributed by atoms with Gasteiger partial charge in [0, 0.05) is 25.2 Å². The van der Waals surface area contributed by atoms with Crippen LogP contribution in [0.1, 0.15) is 12.8 Å². The molecule has 10 heteroatoms. The molecule has 0 aliphatic carbocycles. The van der Waals surface area contributed by atoms with E-state index in [4.69, 9.17) is 9.47 Å². The summed E-state index contributed by atoms with van der Waals surface area (Å²) in [6.07, 6.45) is 0.787. The number of nitrogens with one attached hydrogen (secondary N) is 1. The molecule has 2 aliphatic heterocycles. The van der Waals surface area contributed by atoms with Gasteiger partial charge in [0.25, 0.3) is 0 Å². The molecule has 142 valence electrons. The summed E-state index contributed by atoms with van der Waals surface area (Å²) >= 11 is 0. The Morgan fingerprint density at radius 3 is 2.35 bits per heavy atom. The lowest BCUT2D eigenvalue weighted by Gasteiger charge is -2.34. The number of urea groups is 1. The number of methoxy groups -OCH3 is 2. The molecule has 0 aromatic heterocycles. The fraction of sp³-hybridized carbons (Fsp3) is 0.500. The summed E-state index contributed by atoms with van der Waals surface area (Å²) in [6, 6.07) is 3.90. The number of benzene rings is 1. The van der Waals surface area contributed by atoms with Crippen molar-refractivity contribution in [1.29, 1.82) is 0 Å². The first kappa shape index (κ1) is 18.5. The van der Waals surface area contributed by atoms with Crippen LogP contribution in [-0.4, -0.2) is 69.5 Å². The van der Waals surface area contributed by atoms with Crippen molar-refractivity contribution in [3.63, 3.8) is 0 Å². The molecular weight excluding hydrogens is 362 g/mol. The predicted octanol–water partition coefficient (Wildman–Crippen LogP) is 0.409. The summed E-state index contributed by atoms with van der Waals surface area (Å²) < 4.78 is 37.7. The maximum absolute atomic E-state index is 13.0. The molecule has 3 rings (SSSR count). The molecule has 0 bridgehead atoms. The van der Waals surface area contributed by atoms with Crippen LogP contribution in [0.25, 0.3) is 0 Å². The third-order valence-corrected chi connectivity index (χ3v) is 6.58. The molecule has 2 saturated heterocycles. The number of nitrogens with zero attached hydrogens (tertiary/aromatic N) is 2. The minimum atomic E-state index is -3.79. The quantitative estimate of drug-likeness (QED) is 0.739. The van der Waals surface area contributed by atoms with Crippen molar-refractivity contribution >= 4 is 22.0 Å². The summed E-state index contributed by atoms with van der Waals surface area (Å²) in [5.74, 6) is 0.381. The van der Waals surface area contributed by atoms with Crippen molar-refractivity contribution in [1.82, 2.24) is 14.5 Å². The average Bonchev–Trinajstić information content (AvgIpc) is 2.99. The van der Waals surface area contributed by atoms with Gasteiger partial charge in [-0.3, -0.25) is 9.69 Å². The lowest BCUT2D eigenvalue weighted by atomic mass is 10.1. The van der Waals surface area contributed by atoms with Crippen molar-refractivity contribution in [2.75, 3.05) is 33.9 Å². The van der Waals surface area contributed by atoms with Crippen LogP contribution in [0.4, 0.5) is 4.79 Å². The number of imide groups is 1. The molecule has 0 spiro atoms. The fourth-order valence-electron chi connectivity index (χ4n) is 3.27. The largest absolute Gasteiger partial charge is 0.497 e. The molecule has 9 nitrogen and oxygen atoms in total. The Balaban J connectivity index is 1.78. The molecule has 0 atom stereocenters. The molecule has 1 N–H and O–H groups in total. The lowest BCUT2D eigenvalue weighted by molar-refractivity contribution is -0.127. The van der Waals surface area contributed by atoms with Gasteiger partial charge >= 0.3 is 6.03 Å². The highest BCUT2D eigenvalue weighted by atomic mass is 32.2. The Morgan fingerprint density at radius 2 is 1.81 bits per heavy atom. The number of hydrogen-bond acceptors (Lipinski definition) is 6. The Bertz CT molecular complexity index is 801. The van der Waals surface area contributed by atoms with E-state index < -0.39 is 16.1 Å². The predicted molar refractivity (Wildman–Crippen MR) is 91.6 cm³/mol. The zero-order valence-electron chi connectivity index (χ0n) is 14.6. The van der Waals surface area contributed by atoms with E-state index in [0.717, 1.165) is 0 Å². The number of rotatable bonds is 5. The highest BCUT2D eigenvalue weighted by Gasteiger charge is 2.39. The number of ether oxygens (including phenoxy) is 2. The SMILES string of the molecule is COc1ccc(OC)c(S(=O)(=O)N2CCC(N3C(=O)CNC3=O)CC2)c1. The highest BCUT2D eigenvalue weighted by Crippen LogP contribution is 2.32. The van der Waals surface area contributed by atoms with E-state index in [2.05, 4.69) is 5.32 Å². The normalized spacial score (nSPS) is 19.5. The van der Waals surface area contributed by atoms with E-state index in [1.165, 1.54) is 29.5 Å². The second-order valence-electron chi connectivity index (χ2n) is 6.07. The molecule has 2 aliphatic rings. The van der Waals surface area contributed by atoms with Gasteiger partial charge in [-0.1, -0.05) is 0 Å². The smallest absolute Gasteiger partial charge is 0.324 e. The van der Waals surface area contributed by atoms with Gasteiger partial charge in [-0.15, -0.1) is 0 Å². The first-order chi connectivity index (χ1) is 12.4. The van der Waals surface area contributed by atoms with Gasteiger partial charge in [0.15, 0.2) is 0 Å². The van der Waals surface area contributed by atoms with Gasteiger partial charge in [-0.05, 0) is 25.0 Å². The number of amides is 3. The molecule has 26 heavy (non-hydrogen) atoms. The molecule has 0 radical (unpaired) electrons. The summed E-state index contributed by atoms with van der Waals surface area (Å²) in [6.45, 7) is 0.424. The van der Waals surface area contributed by atoms with Crippen LogP contribution in [0, 0.1) is 0 Å². The molecule has 1 aromatic rings. The van der Waals surface area contributed by atoms with Crippen molar-refractivity contribution in [2.24, 2.45) is 0 Å². The third kappa shape index (κ3) is 3.21. The van der Waals surface area contributed by atoms with Gasteiger partial charge in [-0.25, -0.2) is 13.2 Å². The van der Waals surface area contributed by atoms with E-state index in [0.29, 0.717) is 18.6 Å². The third-order valence-electron chi connectivity index (χ3n) is 4.66. The maximum Gasteiger partial charge on any atom is 0.324 e. The molecule has 2 heterocycles. The average molecular weight is 383 g/mol. The number of piperidine rings is 1. The van der Waals surface area contributed by atoms with E-state index in [9.17, 15) is 18.0 Å². The van der Waals surface area contributed by atoms with Gasteiger partial charge in [0.1, 0.15) is 16.4 Å². The zero-order valence-corrected chi connectivity index (χ0v) is 15.4. The Hall–Kier alpha value is -2.33. The number of hydrogen-bond donors (Lipinski definition) is 1. The number of carbonyl (C=O) groups excluding carboxylic acids is 2. The van der Waals surface area contributed by atoms with Crippen LogP contribution in [-0.2, 0) is 14.8 Å². The minimum absolute atomic E-state index is 0.00163. The van der Waals surface area contributed by atoms with Gasteiger partial charge < -0.3 is 14.8 Å². The fourth-order valence-corrected chi connectivity index (χ4v) is 4.91. The molecule has 1 aromatic carbocycles. The zero-order chi connectivity index (χ0) is 18.9. The topological polar surface area (TPSA) is 105 Å².